The number of hydrazone groups is 1. The van der Waals surface area contributed by atoms with Crippen LogP contribution in [0.4, 0.5) is 0 Å². The minimum absolute atomic E-state index is 0.0156. The Morgan fingerprint density at radius 2 is 1.85 bits per heavy atom. The lowest BCUT2D eigenvalue weighted by Gasteiger charge is -2.20. The van der Waals surface area contributed by atoms with Crippen LogP contribution in [0.1, 0.15) is 17.0 Å². The predicted octanol–water partition coefficient (Wildman–Crippen LogP) is 4.65. The summed E-state index contributed by atoms with van der Waals surface area (Å²) in [5, 5.41) is 15.2. The van der Waals surface area contributed by atoms with Crippen LogP contribution in [0.25, 0.3) is 11.8 Å². The minimum atomic E-state index is -0.445. The molecular formula is C18H13Cl2N5OS. The number of rotatable bonds is 2. The van der Waals surface area contributed by atoms with Crippen molar-refractivity contribution in [2.24, 2.45) is 10.1 Å². The third-order valence-corrected chi connectivity index (χ3v) is 5.38. The van der Waals surface area contributed by atoms with Crippen molar-refractivity contribution in [1.29, 1.82) is 5.41 Å². The van der Waals surface area contributed by atoms with Gasteiger partial charge in [0.05, 0.1) is 11.1 Å². The van der Waals surface area contributed by atoms with E-state index in [1.165, 1.54) is 16.8 Å². The number of carbonyl (C=O) groups is 1. The van der Waals surface area contributed by atoms with E-state index in [0.717, 1.165) is 22.6 Å². The van der Waals surface area contributed by atoms with Gasteiger partial charge >= 0.3 is 0 Å². The third kappa shape index (κ3) is 3.12. The Labute approximate surface area is 169 Å². The zero-order chi connectivity index (χ0) is 19.3. The molecule has 0 bridgehead atoms. The molecular weight excluding hydrogens is 405 g/mol. The summed E-state index contributed by atoms with van der Waals surface area (Å²) in [5.74, 6) is -0.429. The Kier molecular flexibility index (Phi) is 4.46. The van der Waals surface area contributed by atoms with E-state index in [-0.39, 0.29) is 11.4 Å². The van der Waals surface area contributed by atoms with Crippen molar-refractivity contribution >= 4 is 63.5 Å². The number of benzene rings is 1. The molecule has 0 spiro atoms. The number of halogens is 2. The number of aliphatic imine (C=N–C) groups is 1. The fraction of sp³-hybridized carbons (Fsp3) is 0.111. The first-order valence-corrected chi connectivity index (χ1v) is 9.57. The molecule has 27 heavy (non-hydrogen) atoms. The number of hydrogen-bond acceptors (Lipinski definition) is 4. The van der Waals surface area contributed by atoms with Crippen LogP contribution in [0.15, 0.2) is 39.9 Å². The van der Waals surface area contributed by atoms with E-state index in [4.69, 9.17) is 28.6 Å². The second-order valence-corrected chi connectivity index (χ2v) is 7.73. The highest BCUT2D eigenvalue weighted by Crippen LogP contribution is 2.29. The molecule has 0 atom stereocenters. The van der Waals surface area contributed by atoms with Crippen molar-refractivity contribution in [2.45, 2.75) is 13.8 Å². The van der Waals surface area contributed by atoms with Crippen molar-refractivity contribution in [1.82, 2.24) is 9.58 Å². The Hall–Kier alpha value is -2.35. The van der Waals surface area contributed by atoms with Gasteiger partial charge in [0.25, 0.3) is 5.91 Å². The summed E-state index contributed by atoms with van der Waals surface area (Å²) in [5.41, 5.74) is 5.24. The van der Waals surface area contributed by atoms with Gasteiger partial charge in [0.15, 0.2) is 11.0 Å². The maximum absolute atomic E-state index is 12.4. The number of nitrogens with one attached hydrogen (secondary N) is 1. The number of carbonyl (C=O) groups excluding carboxylic acids is 1. The molecule has 0 fully saturated rings. The number of nitrogens with zero attached hydrogens (tertiary/aromatic N) is 4. The molecule has 9 heteroatoms. The summed E-state index contributed by atoms with van der Waals surface area (Å²) >= 11 is 13.5. The van der Waals surface area contributed by atoms with E-state index in [1.54, 1.807) is 17.7 Å². The maximum Gasteiger partial charge on any atom is 0.283 e. The number of thioether (sulfide) groups is 1. The molecule has 136 valence electrons. The first-order valence-electron chi connectivity index (χ1n) is 7.93. The van der Waals surface area contributed by atoms with E-state index in [0.29, 0.717) is 15.2 Å². The number of aryl methyl sites for hydroxylation is 1. The topological polar surface area (TPSA) is 73.8 Å². The fourth-order valence-electron chi connectivity index (χ4n) is 3.09. The van der Waals surface area contributed by atoms with Crippen LogP contribution >= 0.6 is 35.0 Å². The van der Waals surface area contributed by atoms with E-state index < -0.39 is 5.91 Å². The Balaban J connectivity index is 1.80. The van der Waals surface area contributed by atoms with Gasteiger partial charge < -0.3 is 4.57 Å². The van der Waals surface area contributed by atoms with E-state index in [1.807, 2.05) is 36.6 Å². The Bertz CT molecular complexity index is 1080. The van der Waals surface area contributed by atoms with Crippen LogP contribution in [0.3, 0.4) is 0 Å². The van der Waals surface area contributed by atoms with Gasteiger partial charge in [0.1, 0.15) is 0 Å². The zero-order valence-electron chi connectivity index (χ0n) is 14.3. The van der Waals surface area contributed by atoms with Crippen LogP contribution in [0.2, 0.25) is 10.0 Å². The van der Waals surface area contributed by atoms with E-state index in [2.05, 4.69) is 10.1 Å². The van der Waals surface area contributed by atoms with Crippen LogP contribution in [-0.2, 0) is 4.79 Å². The highest BCUT2D eigenvalue weighted by Gasteiger charge is 2.32. The number of aromatic nitrogens is 1. The van der Waals surface area contributed by atoms with Gasteiger partial charge in [-0.2, -0.15) is 15.1 Å². The van der Waals surface area contributed by atoms with E-state index in [9.17, 15) is 4.79 Å². The summed E-state index contributed by atoms with van der Waals surface area (Å²) < 4.78 is 2.00. The summed E-state index contributed by atoms with van der Waals surface area (Å²) in [6.07, 6.45) is 1.68. The standard InChI is InChI=1S/C18H13Cl2N5OS/c1-9-3-11(10(2)24(9)14-6-12(19)5-13(20)7-14)4-15-16(21)25-18(23-17(15)26)27-8-22-25/h3-8,21H,1-2H3/b15-4-,21-16?. The van der Waals surface area contributed by atoms with Crippen molar-refractivity contribution in [3.05, 3.63) is 56.8 Å². The number of fused-ring (bicyclic) bond motifs is 1. The molecule has 1 aromatic carbocycles. The lowest BCUT2D eigenvalue weighted by Crippen LogP contribution is -2.35. The molecule has 0 aliphatic carbocycles. The average molecular weight is 418 g/mol. The highest BCUT2D eigenvalue weighted by molar-refractivity contribution is 8.25. The number of amidine groups is 2. The third-order valence-electron chi connectivity index (χ3n) is 4.27. The van der Waals surface area contributed by atoms with Gasteiger partial charge in [-0.25, -0.2) is 0 Å². The average Bonchev–Trinajstić information content (AvgIpc) is 3.15. The molecule has 6 nitrogen and oxygen atoms in total. The molecule has 1 amide bonds. The lowest BCUT2D eigenvalue weighted by molar-refractivity contribution is -0.114. The minimum Gasteiger partial charge on any atom is -0.318 e. The van der Waals surface area contributed by atoms with Gasteiger partial charge in [0.2, 0.25) is 0 Å². The quantitative estimate of drug-likeness (QED) is 0.722. The Morgan fingerprint density at radius 1 is 1.15 bits per heavy atom. The molecule has 0 saturated carbocycles. The molecule has 4 rings (SSSR count). The van der Waals surface area contributed by atoms with Gasteiger partial charge in [-0.1, -0.05) is 23.2 Å². The molecule has 1 N–H and O–H groups in total. The second-order valence-electron chi connectivity index (χ2n) is 6.05. The number of hydrogen-bond donors (Lipinski definition) is 1. The van der Waals surface area contributed by atoms with Gasteiger partial charge in [-0.15, -0.1) is 0 Å². The van der Waals surface area contributed by atoms with Crippen molar-refractivity contribution in [3.8, 4) is 5.69 Å². The van der Waals surface area contributed by atoms with Crippen molar-refractivity contribution < 1.29 is 4.79 Å². The monoisotopic (exact) mass is 417 g/mol. The van der Waals surface area contributed by atoms with Crippen molar-refractivity contribution in [3.63, 3.8) is 0 Å². The molecule has 2 aromatic rings. The van der Waals surface area contributed by atoms with Gasteiger partial charge in [-0.05, 0) is 61.5 Å². The first kappa shape index (κ1) is 18.0. The SMILES string of the molecule is Cc1cc(/C=C2/C(=N)N3N=CSC3=NC2=O)c(C)n1-c1cc(Cl)cc(Cl)c1. The van der Waals surface area contributed by atoms with Crippen molar-refractivity contribution in [2.75, 3.05) is 0 Å². The smallest absolute Gasteiger partial charge is 0.283 e. The van der Waals surface area contributed by atoms with Crippen LogP contribution < -0.4 is 0 Å². The molecule has 1 aromatic heterocycles. The van der Waals surface area contributed by atoms with Crippen LogP contribution in [0.5, 0.6) is 0 Å². The predicted molar refractivity (Wildman–Crippen MR) is 111 cm³/mol. The Morgan fingerprint density at radius 3 is 2.56 bits per heavy atom. The summed E-state index contributed by atoms with van der Waals surface area (Å²) in [6.45, 7) is 3.89. The zero-order valence-corrected chi connectivity index (χ0v) is 16.7. The molecule has 2 aliphatic rings. The molecule has 3 heterocycles. The maximum atomic E-state index is 12.4. The van der Waals surface area contributed by atoms with Crippen LogP contribution in [-0.4, -0.2) is 32.0 Å². The summed E-state index contributed by atoms with van der Waals surface area (Å²) in [7, 11) is 0. The number of amides is 1. The molecule has 0 radical (unpaired) electrons. The lowest BCUT2D eigenvalue weighted by atomic mass is 10.1. The highest BCUT2D eigenvalue weighted by atomic mass is 35.5. The first-order chi connectivity index (χ1) is 12.8. The molecule has 0 unspecified atom stereocenters. The molecule has 0 saturated heterocycles. The van der Waals surface area contributed by atoms with E-state index >= 15 is 0 Å². The van der Waals surface area contributed by atoms with Gasteiger partial charge in [0, 0.05) is 27.1 Å². The van der Waals surface area contributed by atoms with Crippen LogP contribution in [0, 0.1) is 19.3 Å². The summed E-state index contributed by atoms with van der Waals surface area (Å²) in [6, 6.07) is 7.27. The second kappa shape index (κ2) is 6.67. The normalized spacial score (nSPS) is 17.7. The largest absolute Gasteiger partial charge is 0.318 e. The summed E-state index contributed by atoms with van der Waals surface area (Å²) in [4.78, 5) is 16.4. The molecule has 2 aliphatic heterocycles. The van der Waals surface area contributed by atoms with Gasteiger partial charge in [-0.3, -0.25) is 10.2 Å². The fourth-order valence-corrected chi connectivity index (χ4v) is 4.22.